The molecule has 2 heterocycles. The van der Waals surface area contributed by atoms with E-state index in [1.807, 2.05) is 26.0 Å². The van der Waals surface area contributed by atoms with E-state index in [0.29, 0.717) is 51.1 Å². The summed E-state index contributed by atoms with van der Waals surface area (Å²) >= 11 is 8.30. The number of esters is 2. The molecule has 0 spiro atoms. The second-order valence-electron chi connectivity index (χ2n) is 9.05. The molecule has 10 nitrogen and oxygen atoms in total. The Labute approximate surface area is 268 Å². The van der Waals surface area contributed by atoms with Crippen LogP contribution in [0, 0.1) is 0 Å². The van der Waals surface area contributed by atoms with Crippen LogP contribution >= 0.6 is 43.2 Å². The van der Waals surface area contributed by atoms with E-state index in [1.54, 1.807) is 38.1 Å². The maximum Gasteiger partial charge on any atom is 0.343 e. The minimum atomic E-state index is -0.856. The highest BCUT2D eigenvalue weighted by molar-refractivity contribution is 9.11. The van der Waals surface area contributed by atoms with Crippen LogP contribution in [0.4, 0.5) is 0 Å². The van der Waals surface area contributed by atoms with Gasteiger partial charge in [0.05, 0.1) is 57.7 Å². The van der Waals surface area contributed by atoms with Gasteiger partial charge in [-0.15, -0.1) is 0 Å². The molecule has 1 aromatic heterocycles. The van der Waals surface area contributed by atoms with Gasteiger partial charge in [0.15, 0.2) is 22.9 Å². The molecule has 3 aromatic rings. The molecule has 2 aromatic carbocycles. The minimum Gasteiger partial charge on any atom is -0.492 e. The van der Waals surface area contributed by atoms with E-state index in [0.717, 1.165) is 14.5 Å². The number of hydrogen-bond acceptors (Lipinski definition) is 10. The van der Waals surface area contributed by atoms with Crippen molar-refractivity contribution in [3.63, 3.8) is 0 Å². The standard InChI is InChI=1S/C30H30Br2N2O8S/c1-6-39-22-14-18(9-10-21(22)42-15-24(35)38-5)26-25(29(37)41-8-3)16(4)33-30-34(26)28(36)23(43-30)13-17-11-19(31)27(40-7-2)20(32)12-17/h9-14,26H,6-8,15H2,1-5H3/b23-13-/t26-/m1/s1. The lowest BCUT2D eigenvalue weighted by molar-refractivity contribution is -0.143. The predicted octanol–water partition coefficient (Wildman–Crippen LogP) is 4.67. The van der Waals surface area contributed by atoms with Crippen LogP contribution in [-0.4, -0.2) is 50.0 Å². The van der Waals surface area contributed by atoms with E-state index < -0.39 is 18.0 Å². The number of carbonyl (C=O) groups excluding carboxylic acids is 2. The highest BCUT2D eigenvalue weighted by Gasteiger charge is 2.34. The zero-order chi connectivity index (χ0) is 31.3. The highest BCUT2D eigenvalue weighted by Crippen LogP contribution is 2.37. The molecular formula is C30H30Br2N2O8S. The van der Waals surface area contributed by atoms with Crippen LogP contribution in [0.25, 0.3) is 6.08 Å². The predicted molar refractivity (Wildman–Crippen MR) is 169 cm³/mol. The fourth-order valence-electron chi connectivity index (χ4n) is 4.48. The van der Waals surface area contributed by atoms with Crippen LogP contribution in [0.3, 0.4) is 0 Å². The number of allylic oxidation sites excluding steroid dienone is 1. The van der Waals surface area contributed by atoms with E-state index in [4.69, 9.17) is 18.9 Å². The molecule has 43 heavy (non-hydrogen) atoms. The molecule has 0 saturated heterocycles. The number of ether oxygens (including phenoxy) is 5. The number of halogens is 2. The van der Waals surface area contributed by atoms with E-state index in [-0.39, 0.29) is 24.3 Å². The SMILES string of the molecule is CCOC(=O)C1=C(C)N=c2s/c(=C\c3cc(Br)c(OCC)c(Br)c3)c(=O)n2[C@@H]1c1ccc(OCC(=O)OC)c(OCC)c1. The number of methoxy groups -OCH3 is 1. The molecule has 13 heteroatoms. The zero-order valence-corrected chi connectivity index (χ0v) is 28.2. The van der Waals surface area contributed by atoms with Gasteiger partial charge in [-0.05, 0) is 101 Å². The van der Waals surface area contributed by atoms with Gasteiger partial charge >= 0.3 is 11.9 Å². The monoisotopic (exact) mass is 736 g/mol. The first kappa shape index (κ1) is 32.5. The number of carbonyl (C=O) groups is 2. The third kappa shape index (κ3) is 7.05. The molecule has 1 aliphatic rings. The number of thiazole rings is 1. The first-order valence-electron chi connectivity index (χ1n) is 13.4. The molecular weight excluding hydrogens is 708 g/mol. The van der Waals surface area contributed by atoms with Crippen LogP contribution < -0.4 is 29.1 Å². The van der Waals surface area contributed by atoms with Crippen molar-refractivity contribution in [1.29, 1.82) is 0 Å². The Morgan fingerprint density at radius 1 is 1.00 bits per heavy atom. The molecule has 0 N–H and O–H groups in total. The van der Waals surface area contributed by atoms with Crippen molar-refractivity contribution in [2.75, 3.05) is 33.5 Å². The van der Waals surface area contributed by atoms with Gasteiger partial charge in [-0.2, -0.15) is 0 Å². The van der Waals surface area contributed by atoms with Gasteiger partial charge < -0.3 is 23.7 Å². The van der Waals surface area contributed by atoms with Crippen molar-refractivity contribution < 1.29 is 33.3 Å². The number of aromatic nitrogens is 1. The summed E-state index contributed by atoms with van der Waals surface area (Å²) in [5, 5.41) is 0. The molecule has 0 unspecified atom stereocenters. The van der Waals surface area contributed by atoms with Gasteiger partial charge in [-0.1, -0.05) is 17.4 Å². The molecule has 0 amide bonds. The van der Waals surface area contributed by atoms with Gasteiger partial charge in [-0.3, -0.25) is 9.36 Å². The lowest BCUT2D eigenvalue weighted by atomic mass is 9.95. The quantitative estimate of drug-likeness (QED) is 0.261. The Balaban J connectivity index is 1.89. The van der Waals surface area contributed by atoms with Gasteiger partial charge in [-0.25, -0.2) is 14.6 Å². The van der Waals surface area contributed by atoms with Crippen molar-refractivity contribution in [2.45, 2.75) is 33.7 Å². The summed E-state index contributed by atoms with van der Waals surface area (Å²) in [6.45, 7) is 7.80. The average molecular weight is 738 g/mol. The Kier molecular flexibility index (Phi) is 10.9. The molecule has 1 atom stereocenters. The van der Waals surface area contributed by atoms with Gasteiger partial charge in [0, 0.05) is 0 Å². The molecule has 0 radical (unpaired) electrons. The van der Waals surface area contributed by atoms with Gasteiger partial charge in [0.1, 0.15) is 5.75 Å². The van der Waals surface area contributed by atoms with Gasteiger partial charge in [0.2, 0.25) is 0 Å². The van der Waals surface area contributed by atoms with Crippen LogP contribution in [0.5, 0.6) is 17.2 Å². The Hall–Kier alpha value is -3.42. The van der Waals surface area contributed by atoms with Crippen LogP contribution in [-0.2, 0) is 19.1 Å². The topological polar surface area (TPSA) is 115 Å². The summed E-state index contributed by atoms with van der Waals surface area (Å²) in [5.74, 6) is 0.196. The van der Waals surface area contributed by atoms with E-state index >= 15 is 0 Å². The number of hydrogen-bond donors (Lipinski definition) is 0. The van der Waals surface area contributed by atoms with Crippen LogP contribution in [0.1, 0.15) is 44.9 Å². The third-order valence-corrected chi connectivity index (χ3v) is 8.44. The van der Waals surface area contributed by atoms with Crippen molar-refractivity contribution in [2.24, 2.45) is 4.99 Å². The average Bonchev–Trinajstić information content (AvgIpc) is 3.27. The van der Waals surface area contributed by atoms with Crippen LogP contribution in [0.15, 0.2) is 60.3 Å². The van der Waals surface area contributed by atoms with Crippen molar-refractivity contribution in [3.05, 3.63) is 81.4 Å². The molecule has 0 aliphatic carbocycles. The molecule has 4 rings (SSSR count). The third-order valence-electron chi connectivity index (χ3n) is 6.28. The summed E-state index contributed by atoms with van der Waals surface area (Å²) in [5.41, 5.74) is 1.68. The Morgan fingerprint density at radius 2 is 1.70 bits per heavy atom. The summed E-state index contributed by atoms with van der Waals surface area (Å²) in [6, 6.07) is 7.91. The van der Waals surface area contributed by atoms with E-state index in [2.05, 4.69) is 41.6 Å². The van der Waals surface area contributed by atoms with Crippen molar-refractivity contribution in [3.8, 4) is 17.2 Å². The summed E-state index contributed by atoms with van der Waals surface area (Å²) < 4.78 is 30.6. The lowest BCUT2D eigenvalue weighted by Gasteiger charge is -2.25. The first-order chi connectivity index (χ1) is 20.6. The number of benzene rings is 2. The van der Waals surface area contributed by atoms with Crippen molar-refractivity contribution in [1.82, 2.24) is 4.57 Å². The number of nitrogens with zero attached hydrogens (tertiary/aromatic N) is 2. The first-order valence-corrected chi connectivity index (χ1v) is 15.8. The maximum absolute atomic E-state index is 14.0. The maximum atomic E-state index is 14.0. The van der Waals surface area contributed by atoms with E-state index in [1.165, 1.54) is 23.0 Å². The molecule has 228 valence electrons. The Bertz CT molecular complexity index is 1740. The molecule has 1 aliphatic heterocycles. The smallest absolute Gasteiger partial charge is 0.343 e. The number of fused-ring (bicyclic) bond motifs is 1. The second-order valence-corrected chi connectivity index (χ2v) is 11.8. The second kappa shape index (κ2) is 14.4. The fraction of sp³-hybridized carbons (Fsp3) is 0.333. The normalized spacial score (nSPS) is 14.6. The Morgan fingerprint density at radius 3 is 2.33 bits per heavy atom. The van der Waals surface area contributed by atoms with E-state index in [9.17, 15) is 14.4 Å². The minimum absolute atomic E-state index is 0.152. The molecule has 0 saturated carbocycles. The van der Waals surface area contributed by atoms with Crippen LogP contribution in [0.2, 0.25) is 0 Å². The highest BCUT2D eigenvalue weighted by atomic mass is 79.9. The molecule has 0 bridgehead atoms. The fourth-order valence-corrected chi connectivity index (χ4v) is 6.98. The lowest BCUT2D eigenvalue weighted by Crippen LogP contribution is -2.40. The van der Waals surface area contributed by atoms with Crippen molar-refractivity contribution >= 4 is 61.2 Å². The molecule has 0 fully saturated rings. The number of rotatable bonds is 11. The zero-order valence-electron chi connectivity index (χ0n) is 24.2. The summed E-state index contributed by atoms with van der Waals surface area (Å²) in [4.78, 5) is 44.0. The van der Waals surface area contributed by atoms with Gasteiger partial charge in [0.25, 0.3) is 5.56 Å². The largest absolute Gasteiger partial charge is 0.492 e. The summed E-state index contributed by atoms with van der Waals surface area (Å²) in [6.07, 6.45) is 1.77. The summed E-state index contributed by atoms with van der Waals surface area (Å²) in [7, 11) is 1.27.